The molecule has 1 aromatic rings. The minimum absolute atomic E-state index is 0.373. The van der Waals surface area contributed by atoms with Gasteiger partial charge in [0.05, 0.1) is 0 Å². The number of benzene rings is 1. The number of aromatic hydroxyl groups is 1. The minimum atomic E-state index is 0.373. The van der Waals surface area contributed by atoms with Gasteiger partial charge < -0.3 is 15.7 Å². The summed E-state index contributed by atoms with van der Waals surface area (Å²) in [6.45, 7) is 4.93. The van der Waals surface area contributed by atoms with E-state index in [-0.39, 0.29) is 0 Å². The van der Waals surface area contributed by atoms with Crippen LogP contribution in [-0.4, -0.2) is 24.7 Å². The van der Waals surface area contributed by atoms with Gasteiger partial charge in [0, 0.05) is 25.7 Å². The number of rotatable bonds is 4. The van der Waals surface area contributed by atoms with Crippen molar-refractivity contribution < 1.29 is 5.11 Å². The molecule has 0 saturated heterocycles. The first-order chi connectivity index (χ1) is 9.76. The molecule has 0 bridgehead atoms. The van der Waals surface area contributed by atoms with Crippen molar-refractivity contribution in [1.29, 1.82) is 0 Å². The predicted molar refractivity (Wildman–Crippen MR) is 83.1 cm³/mol. The van der Waals surface area contributed by atoms with E-state index in [4.69, 9.17) is 0 Å². The zero-order valence-corrected chi connectivity index (χ0v) is 12.1. The minimum Gasteiger partial charge on any atom is -0.508 e. The normalized spacial score (nSPS) is 14.6. The third-order valence-electron chi connectivity index (χ3n) is 3.70. The van der Waals surface area contributed by atoms with Crippen LogP contribution in [0.25, 0.3) is 0 Å². The van der Waals surface area contributed by atoms with Gasteiger partial charge in [0.1, 0.15) is 5.75 Å². The molecule has 20 heavy (non-hydrogen) atoms. The molecule has 0 unspecified atom stereocenters. The second-order valence-electron chi connectivity index (χ2n) is 5.00. The van der Waals surface area contributed by atoms with Crippen LogP contribution in [0.3, 0.4) is 0 Å². The summed E-state index contributed by atoms with van der Waals surface area (Å²) in [6.07, 6.45) is 6.40. The van der Waals surface area contributed by atoms with Crippen LogP contribution in [0.5, 0.6) is 5.75 Å². The van der Waals surface area contributed by atoms with Gasteiger partial charge in [-0.1, -0.05) is 12.1 Å². The topological polar surface area (TPSA) is 56.7 Å². The Balaban J connectivity index is 2.10. The number of nitrogens with zero attached hydrogens (tertiary/aromatic N) is 1. The van der Waals surface area contributed by atoms with Gasteiger partial charge >= 0.3 is 0 Å². The summed E-state index contributed by atoms with van der Waals surface area (Å²) in [7, 11) is 1.73. The Morgan fingerprint density at radius 1 is 1.35 bits per heavy atom. The molecule has 0 radical (unpaired) electrons. The van der Waals surface area contributed by atoms with Crippen molar-refractivity contribution in [2.75, 3.05) is 13.6 Å². The molecule has 0 aliphatic heterocycles. The molecule has 2 rings (SSSR count). The number of phenols is 1. The molecule has 0 saturated carbocycles. The molecule has 0 atom stereocenters. The highest BCUT2D eigenvalue weighted by atomic mass is 16.3. The summed E-state index contributed by atoms with van der Waals surface area (Å²) in [4.78, 5) is 4.15. The Hall–Kier alpha value is -1.97. The van der Waals surface area contributed by atoms with Gasteiger partial charge in [-0.25, -0.2) is 0 Å². The molecule has 108 valence electrons. The Kier molecular flexibility index (Phi) is 5.04. The molecule has 3 N–H and O–H groups in total. The van der Waals surface area contributed by atoms with Crippen molar-refractivity contribution in [3.05, 3.63) is 41.5 Å². The number of hydrogen-bond donors (Lipinski definition) is 3. The van der Waals surface area contributed by atoms with Crippen molar-refractivity contribution in [2.24, 2.45) is 4.99 Å². The molecule has 0 aromatic heterocycles. The van der Waals surface area contributed by atoms with Crippen molar-refractivity contribution in [2.45, 2.75) is 32.2 Å². The molecule has 0 amide bonds. The van der Waals surface area contributed by atoms with E-state index in [0.717, 1.165) is 24.4 Å². The fraction of sp³-hybridized carbons (Fsp3) is 0.438. The third kappa shape index (κ3) is 3.32. The lowest BCUT2D eigenvalue weighted by Gasteiger charge is -2.21. The van der Waals surface area contributed by atoms with Crippen molar-refractivity contribution in [3.63, 3.8) is 0 Å². The molecule has 1 aliphatic rings. The Labute approximate surface area is 120 Å². The Morgan fingerprint density at radius 3 is 2.90 bits per heavy atom. The van der Waals surface area contributed by atoms with E-state index in [9.17, 15) is 5.11 Å². The average Bonchev–Trinajstić information content (AvgIpc) is 2.49. The number of hydrogen-bond acceptors (Lipinski definition) is 2. The van der Waals surface area contributed by atoms with Gasteiger partial charge in [0.2, 0.25) is 0 Å². The summed E-state index contributed by atoms with van der Waals surface area (Å²) >= 11 is 0. The number of fused-ring (bicyclic) bond motifs is 1. The SMILES string of the molecule is C=CCNC(=NC)NCc1c(O)ccc2c1CCCC2. The summed E-state index contributed by atoms with van der Waals surface area (Å²) in [5.74, 6) is 1.09. The number of nitrogens with one attached hydrogen (secondary N) is 2. The van der Waals surface area contributed by atoms with Gasteiger partial charge in [0.15, 0.2) is 5.96 Å². The van der Waals surface area contributed by atoms with Crippen LogP contribution in [0.15, 0.2) is 29.8 Å². The van der Waals surface area contributed by atoms with Crippen LogP contribution in [0.1, 0.15) is 29.5 Å². The standard InChI is InChI=1S/C16H23N3O/c1-3-10-18-16(17-2)19-11-14-13-7-5-4-6-12(13)8-9-15(14)20/h3,8-9,20H,1,4-7,10-11H2,2H3,(H2,17,18,19). The van der Waals surface area contributed by atoms with Crippen molar-refractivity contribution in [3.8, 4) is 5.75 Å². The molecule has 4 heteroatoms. The average molecular weight is 273 g/mol. The van der Waals surface area contributed by atoms with Gasteiger partial charge in [-0.3, -0.25) is 4.99 Å². The summed E-state index contributed by atoms with van der Waals surface area (Å²) in [5.41, 5.74) is 3.69. The number of phenolic OH excluding ortho intramolecular Hbond substituents is 1. The molecule has 0 fully saturated rings. The summed E-state index contributed by atoms with van der Waals surface area (Å²) < 4.78 is 0. The fourth-order valence-electron chi connectivity index (χ4n) is 2.65. The van der Waals surface area contributed by atoms with Crippen LogP contribution in [0, 0.1) is 0 Å². The molecular formula is C16H23N3O. The van der Waals surface area contributed by atoms with Crippen LogP contribution < -0.4 is 10.6 Å². The molecule has 0 spiro atoms. The number of aliphatic imine (C=N–C) groups is 1. The van der Waals surface area contributed by atoms with E-state index in [1.54, 1.807) is 19.2 Å². The van der Waals surface area contributed by atoms with Gasteiger partial charge in [-0.05, 0) is 42.9 Å². The second-order valence-corrected chi connectivity index (χ2v) is 5.00. The smallest absolute Gasteiger partial charge is 0.191 e. The lowest BCUT2D eigenvalue weighted by Crippen LogP contribution is -2.37. The highest BCUT2D eigenvalue weighted by molar-refractivity contribution is 5.79. The monoisotopic (exact) mass is 273 g/mol. The van der Waals surface area contributed by atoms with Gasteiger partial charge in [0.25, 0.3) is 0 Å². The zero-order chi connectivity index (χ0) is 14.4. The maximum absolute atomic E-state index is 10.1. The zero-order valence-electron chi connectivity index (χ0n) is 12.1. The Morgan fingerprint density at radius 2 is 2.15 bits per heavy atom. The lowest BCUT2D eigenvalue weighted by atomic mass is 9.88. The van der Waals surface area contributed by atoms with E-state index >= 15 is 0 Å². The highest BCUT2D eigenvalue weighted by Gasteiger charge is 2.16. The van der Waals surface area contributed by atoms with E-state index in [1.165, 1.54) is 24.0 Å². The maximum atomic E-state index is 10.1. The third-order valence-corrected chi connectivity index (χ3v) is 3.70. The van der Waals surface area contributed by atoms with E-state index < -0.39 is 0 Å². The number of aryl methyl sites for hydroxylation is 1. The van der Waals surface area contributed by atoms with Crippen LogP contribution >= 0.6 is 0 Å². The number of guanidine groups is 1. The van der Waals surface area contributed by atoms with Crippen LogP contribution in [0.4, 0.5) is 0 Å². The molecule has 1 aliphatic carbocycles. The maximum Gasteiger partial charge on any atom is 0.191 e. The van der Waals surface area contributed by atoms with Crippen molar-refractivity contribution >= 4 is 5.96 Å². The molecular weight excluding hydrogens is 250 g/mol. The first kappa shape index (κ1) is 14.4. The molecule has 1 aromatic carbocycles. The lowest BCUT2D eigenvalue weighted by molar-refractivity contribution is 0.464. The van der Waals surface area contributed by atoms with E-state index in [0.29, 0.717) is 18.8 Å². The van der Waals surface area contributed by atoms with Crippen molar-refractivity contribution in [1.82, 2.24) is 10.6 Å². The van der Waals surface area contributed by atoms with Gasteiger partial charge in [-0.2, -0.15) is 0 Å². The summed E-state index contributed by atoms with van der Waals surface area (Å²) in [5, 5.41) is 16.5. The van der Waals surface area contributed by atoms with E-state index in [2.05, 4.69) is 28.3 Å². The largest absolute Gasteiger partial charge is 0.508 e. The van der Waals surface area contributed by atoms with Crippen LogP contribution in [-0.2, 0) is 19.4 Å². The summed E-state index contributed by atoms with van der Waals surface area (Å²) in [6, 6.07) is 3.86. The van der Waals surface area contributed by atoms with E-state index in [1.807, 2.05) is 0 Å². The van der Waals surface area contributed by atoms with Crippen LogP contribution in [0.2, 0.25) is 0 Å². The molecule has 4 nitrogen and oxygen atoms in total. The molecule has 0 heterocycles. The first-order valence-electron chi connectivity index (χ1n) is 7.14. The second kappa shape index (κ2) is 6.98. The fourth-order valence-corrected chi connectivity index (χ4v) is 2.65. The van der Waals surface area contributed by atoms with Gasteiger partial charge in [-0.15, -0.1) is 6.58 Å². The first-order valence-corrected chi connectivity index (χ1v) is 7.14. The predicted octanol–water partition coefficient (Wildman–Crippen LogP) is 2.12. The highest BCUT2D eigenvalue weighted by Crippen LogP contribution is 2.30. The quantitative estimate of drug-likeness (QED) is 0.447. The Bertz CT molecular complexity index is 509.